The van der Waals surface area contributed by atoms with Crippen LogP contribution in [0.3, 0.4) is 0 Å². The Hall–Kier alpha value is -1.53. The second-order valence-electron chi connectivity index (χ2n) is 5.85. The van der Waals surface area contributed by atoms with Gasteiger partial charge in [-0.05, 0) is 18.1 Å². The van der Waals surface area contributed by atoms with Gasteiger partial charge in [0.1, 0.15) is 5.76 Å². The molecule has 0 radical (unpaired) electrons. The summed E-state index contributed by atoms with van der Waals surface area (Å²) in [5, 5.41) is 0.128. The maximum Gasteiger partial charge on any atom is 0.248 e. The molecule has 0 heterocycles. The normalized spacial score (nSPS) is 13.0. The Morgan fingerprint density at radius 3 is 2.22 bits per heavy atom. The van der Waals surface area contributed by atoms with E-state index in [4.69, 9.17) is 11.0 Å². The van der Waals surface area contributed by atoms with Gasteiger partial charge >= 0.3 is 0 Å². The summed E-state index contributed by atoms with van der Waals surface area (Å²) in [4.78, 5) is 3.36. The lowest BCUT2D eigenvalue weighted by atomic mass is 10.2. The molecule has 0 saturated heterocycles. The van der Waals surface area contributed by atoms with Gasteiger partial charge in [-0.2, -0.15) is 0 Å². The maximum atomic E-state index is 7.03. The molecule has 1 aromatic rings. The Kier molecular flexibility index (Phi) is 4.36. The lowest BCUT2D eigenvalue weighted by Crippen LogP contribution is -2.40. The number of benzene rings is 1. The molecule has 3 heteroatoms. The summed E-state index contributed by atoms with van der Waals surface area (Å²) in [5.74, 6) is 0.692. The van der Waals surface area contributed by atoms with E-state index in [0.717, 1.165) is 5.56 Å². The third kappa shape index (κ3) is 3.48. The first-order valence-corrected chi connectivity index (χ1v) is 9.00. The van der Waals surface area contributed by atoms with Crippen molar-refractivity contribution in [1.29, 1.82) is 0 Å². The lowest BCUT2D eigenvalue weighted by Gasteiger charge is -2.37. The lowest BCUT2D eigenvalue weighted by molar-refractivity contribution is 0.458. The van der Waals surface area contributed by atoms with E-state index in [1.807, 2.05) is 30.3 Å². The van der Waals surface area contributed by atoms with Crippen LogP contribution in [0.15, 0.2) is 36.5 Å². The fourth-order valence-electron chi connectivity index (χ4n) is 1.25. The van der Waals surface area contributed by atoms with Crippen LogP contribution in [0.1, 0.15) is 26.3 Å². The highest BCUT2D eigenvalue weighted by Crippen LogP contribution is 2.39. The largest absolute Gasteiger partial charge is 0.551 e. The number of rotatable bonds is 3. The molecule has 0 fully saturated rings. The van der Waals surface area contributed by atoms with Crippen LogP contribution < -0.4 is 0 Å². The fraction of sp³-hybridized carbons (Fsp3) is 0.400. The molecule has 0 unspecified atom stereocenters. The topological polar surface area (TPSA) is 13.6 Å². The Morgan fingerprint density at radius 2 is 1.78 bits per heavy atom. The van der Waals surface area contributed by atoms with Gasteiger partial charge in [-0.3, -0.25) is 0 Å². The van der Waals surface area contributed by atoms with Crippen molar-refractivity contribution in [2.45, 2.75) is 38.9 Å². The van der Waals surface area contributed by atoms with Gasteiger partial charge < -0.3 is 4.43 Å². The van der Waals surface area contributed by atoms with Crippen molar-refractivity contribution in [2.75, 3.05) is 0 Å². The zero-order valence-corrected chi connectivity index (χ0v) is 12.8. The molecule has 0 atom stereocenters. The summed E-state index contributed by atoms with van der Waals surface area (Å²) in [6.07, 6.45) is 1.48. The molecule has 1 rings (SSSR count). The van der Waals surface area contributed by atoms with Gasteiger partial charge in [-0.15, -0.1) is 0 Å². The molecule has 18 heavy (non-hydrogen) atoms. The van der Waals surface area contributed by atoms with Crippen LogP contribution in [0, 0.1) is 6.57 Å². The van der Waals surface area contributed by atoms with E-state index in [1.165, 1.54) is 6.20 Å². The van der Waals surface area contributed by atoms with Crippen LogP contribution in [-0.2, 0) is 4.43 Å². The molecular weight excluding hydrogens is 238 g/mol. The number of hydrogen-bond acceptors (Lipinski definition) is 1. The second kappa shape index (κ2) is 5.41. The first kappa shape index (κ1) is 14.5. The zero-order chi connectivity index (χ0) is 13.8. The third-order valence-electron chi connectivity index (χ3n) is 3.41. The van der Waals surface area contributed by atoms with E-state index < -0.39 is 8.32 Å². The highest BCUT2D eigenvalue weighted by atomic mass is 28.4. The molecule has 0 aliphatic carbocycles. The van der Waals surface area contributed by atoms with E-state index in [1.54, 1.807) is 0 Å². The Morgan fingerprint density at radius 1 is 1.22 bits per heavy atom. The summed E-state index contributed by atoms with van der Waals surface area (Å²) in [6.45, 7) is 18.0. The second-order valence-corrected chi connectivity index (χ2v) is 10.6. The van der Waals surface area contributed by atoms with Gasteiger partial charge in [0.15, 0.2) is 6.20 Å². The number of nitrogens with zero attached hydrogens (tertiary/aromatic N) is 1. The van der Waals surface area contributed by atoms with Crippen LogP contribution in [-0.4, -0.2) is 8.32 Å². The van der Waals surface area contributed by atoms with Crippen molar-refractivity contribution in [3.05, 3.63) is 53.5 Å². The molecule has 0 amide bonds. The maximum absolute atomic E-state index is 7.03. The van der Waals surface area contributed by atoms with E-state index >= 15 is 0 Å². The number of hydrogen-bond donors (Lipinski definition) is 0. The van der Waals surface area contributed by atoms with Crippen LogP contribution in [0.4, 0.5) is 0 Å². The molecular formula is C15H21NOSi. The first-order valence-electron chi connectivity index (χ1n) is 6.09. The predicted molar refractivity (Wildman–Crippen MR) is 79.3 cm³/mol. The van der Waals surface area contributed by atoms with Crippen LogP contribution >= 0.6 is 0 Å². The van der Waals surface area contributed by atoms with Gasteiger partial charge in [0.25, 0.3) is 0 Å². The van der Waals surface area contributed by atoms with Crippen molar-refractivity contribution in [2.24, 2.45) is 0 Å². The van der Waals surface area contributed by atoms with Gasteiger partial charge in [0.05, 0.1) is 6.57 Å². The van der Waals surface area contributed by atoms with E-state index in [0.29, 0.717) is 5.76 Å². The predicted octanol–water partition coefficient (Wildman–Crippen LogP) is 4.93. The highest BCUT2D eigenvalue weighted by molar-refractivity contribution is 6.74. The standard InChI is InChI=1S/C15H21NOSi/c1-15(2,3)18(5,6)17-14(12-16-4)13-10-8-7-9-11-13/h7-12H,1-3,5-6H3/b14-12+. The fourth-order valence-corrected chi connectivity index (χ4v) is 2.28. The van der Waals surface area contributed by atoms with Crippen molar-refractivity contribution in [3.8, 4) is 0 Å². The Balaban J connectivity index is 3.05. The smallest absolute Gasteiger partial charge is 0.248 e. The van der Waals surface area contributed by atoms with Gasteiger partial charge in [0, 0.05) is 5.56 Å². The minimum Gasteiger partial charge on any atom is -0.551 e. The minimum atomic E-state index is -1.90. The Labute approximate surface area is 111 Å². The SMILES string of the molecule is [C-]#[N+]/C=C(/O[Si](C)(C)C(C)(C)C)c1ccccc1. The molecule has 0 bridgehead atoms. The Bertz CT molecular complexity index is 464. The van der Waals surface area contributed by atoms with E-state index in [2.05, 4.69) is 38.7 Å². The summed E-state index contributed by atoms with van der Waals surface area (Å²) >= 11 is 0. The van der Waals surface area contributed by atoms with Crippen LogP contribution in [0.2, 0.25) is 18.1 Å². The van der Waals surface area contributed by atoms with E-state index in [-0.39, 0.29) is 5.04 Å². The third-order valence-corrected chi connectivity index (χ3v) is 7.75. The summed E-state index contributed by atoms with van der Waals surface area (Å²) in [7, 11) is -1.90. The molecule has 96 valence electrons. The van der Waals surface area contributed by atoms with E-state index in [9.17, 15) is 0 Å². The molecule has 0 N–H and O–H groups in total. The highest BCUT2D eigenvalue weighted by Gasteiger charge is 2.39. The van der Waals surface area contributed by atoms with Crippen molar-refractivity contribution in [3.63, 3.8) is 0 Å². The van der Waals surface area contributed by atoms with Gasteiger partial charge in [0.2, 0.25) is 8.32 Å². The molecule has 0 aliphatic rings. The summed E-state index contributed by atoms with van der Waals surface area (Å²) < 4.78 is 6.22. The quantitative estimate of drug-likeness (QED) is 0.426. The minimum absolute atomic E-state index is 0.128. The molecule has 0 aromatic heterocycles. The van der Waals surface area contributed by atoms with Crippen molar-refractivity contribution < 1.29 is 4.43 Å². The average molecular weight is 259 g/mol. The average Bonchev–Trinajstić information content (AvgIpc) is 2.28. The van der Waals surface area contributed by atoms with Crippen LogP contribution in [0.5, 0.6) is 0 Å². The summed E-state index contributed by atoms with van der Waals surface area (Å²) in [6, 6.07) is 9.84. The van der Waals surface area contributed by atoms with Gasteiger partial charge in [-0.25, -0.2) is 4.85 Å². The molecule has 0 saturated carbocycles. The van der Waals surface area contributed by atoms with Crippen molar-refractivity contribution in [1.82, 2.24) is 0 Å². The zero-order valence-electron chi connectivity index (χ0n) is 11.8. The molecule has 2 nitrogen and oxygen atoms in total. The monoisotopic (exact) mass is 259 g/mol. The molecule has 1 aromatic carbocycles. The van der Waals surface area contributed by atoms with Crippen LogP contribution in [0.25, 0.3) is 10.6 Å². The molecule has 0 spiro atoms. The van der Waals surface area contributed by atoms with Gasteiger partial charge in [-0.1, -0.05) is 51.1 Å². The molecule has 0 aliphatic heterocycles. The van der Waals surface area contributed by atoms with Crippen molar-refractivity contribution >= 4 is 14.1 Å². The first-order chi connectivity index (χ1) is 8.28. The summed E-state index contributed by atoms with van der Waals surface area (Å²) in [5.41, 5.74) is 0.971.